The molecule has 0 aliphatic heterocycles. The summed E-state index contributed by atoms with van der Waals surface area (Å²) in [6.07, 6.45) is 1.34. The van der Waals surface area contributed by atoms with Crippen LogP contribution in [0.1, 0.15) is 16.7 Å². The molecule has 0 atom stereocenters. The van der Waals surface area contributed by atoms with E-state index < -0.39 is 4.92 Å². The van der Waals surface area contributed by atoms with Gasteiger partial charge in [0.15, 0.2) is 0 Å². The van der Waals surface area contributed by atoms with E-state index in [0.29, 0.717) is 12.4 Å². The summed E-state index contributed by atoms with van der Waals surface area (Å²) in [5.41, 5.74) is 2.51. The fraction of sp³-hybridized carbons (Fsp3) is 0.133. The molecule has 0 amide bonds. The Balaban J connectivity index is 2.09. The van der Waals surface area contributed by atoms with Crippen LogP contribution in [0.5, 0.6) is 5.75 Å². The monoisotopic (exact) mass is 286 g/mol. The van der Waals surface area contributed by atoms with Gasteiger partial charge in [-0.15, -0.1) is 0 Å². The van der Waals surface area contributed by atoms with E-state index in [2.05, 4.69) is 5.16 Å². The minimum atomic E-state index is -0.438. The summed E-state index contributed by atoms with van der Waals surface area (Å²) in [5, 5.41) is 22.2. The zero-order valence-electron chi connectivity index (χ0n) is 11.4. The molecule has 6 heteroatoms. The van der Waals surface area contributed by atoms with Crippen molar-refractivity contribution in [2.75, 3.05) is 0 Å². The highest BCUT2D eigenvalue weighted by Crippen LogP contribution is 2.22. The molecule has 0 spiro atoms. The van der Waals surface area contributed by atoms with Crippen molar-refractivity contribution < 1.29 is 14.9 Å². The number of hydrogen-bond acceptors (Lipinski definition) is 5. The van der Waals surface area contributed by atoms with Gasteiger partial charge in [-0.1, -0.05) is 17.3 Å². The first-order valence-electron chi connectivity index (χ1n) is 6.25. The third-order valence-corrected chi connectivity index (χ3v) is 3.06. The molecule has 0 heterocycles. The van der Waals surface area contributed by atoms with Crippen molar-refractivity contribution in [2.45, 2.75) is 13.5 Å². The molecule has 108 valence electrons. The second-order valence-corrected chi connectivity index (χ2v) is 4.43. The number of nitrogens with zero attached hydrogens (tertiary/aromatic N) is 2. The fourth-order valence-electron chi connectivity index (χ4n) is 1.86. The molecule has 0 unspecified atom stereocenters. The Labute approximate surface area is 121 Å². The van der Waals surface area contributed by atoms with Gasteiger partial charge in [-0.3, -0.25) is 10.1 Å². The molecule has 0 aliphatic carbocycles. The van der Waals surface area contributed by atoms with Crippen molar-refractivity contribution in [3.63, 3.8) is 0 Å². The predicted molar refractivity (Wildman–Crippen MR) is 78.0 cm³/mol. The van der Waals surface area contributed by atoms with Gasteiger partial charge < -0.3 is 9.94 Å². The van der Waals surface area contributed by atoms with Crippen molar-refractivity contribution in [1.82, 2.24) is 0 Å². The number of ether oxygens (including phenoxy) is 1. The zero-order chi connectivity index (χ0) is 15.2. The molecule has 6 nitrogen and oxygen atoms in total. The van der Waals surface area contributed by atoms with Crippen molar-refractivity contribution in [1.29, 1.82) is 0 Å². The molecule has 2 aromatic carbocycles. The average Bonchev–Trinajstić information content (AvgIpc) is 2.49. The molecule has 0 saturated carbocycles. The SMILES string of the molecule is Cc1c(C=NO)cccc1OCc1ccc([N+](=O)[O-])cc1. The maximum absolute atomic E-state index is 10.6. The maximum Gasteiger partial charge on any atom is 0.269 e. The lowest BCUT2D eigenvalue weighted by atomic mass is 10.1. The van der Waals surface area contributed by atoms with Gasteiger partial charge in [0.2, 0.25) is 0 Å². The van der Waals surface area contributed by atoms with Crippen molar-refractivity contribution in [3.05, 3.63) is 69.3 Å². The van der Waals surface area contributed by atoms with Crippen LogP contribution in [0.25, 0.3) is 0 Å². The Kier molecular flexibility index (Phi) is 4.50. The predicted octanol–water partition coefficient (Wildman–Crippen LogP) is 3.29. The summed E-state index contributed by atoms with van der Waals surface area (Å²) in [4.78, 5) is 10.1. The van der Waals surface area contributed by atoms with Crippen LogP contribution in [0.4, 0.5) is 5.69 Å². The highest BCUT2D eigenvalue weighted by Gasteiger charge is 2.06. The van der Waals surface area contributed by atoms with Crippen LogP contribution in [0.15, 0.2) is 47.6 Å². The number of oxime groups is 1. The van der Waals surface area contributed by atoms with E-state index in [0.717, 1.165) is 16.7 Å². The van der Waals surface area contributed by atoms with Crippen molar-refractivity contribution >= 4 is 11.9 Å². The first-order chi connectivity index (χ1) is 10.1. The van der Waals surface area contributed by atoms with Crippen LogP contribution < -0.4 is 4.74 Å². The van der Waals surface area contributed by atoms with Crippen LogP contribution in [0.3, 0.4) is 0 Å². The summed E-state index contributed by atoms with van der Waals surface area (Å²) < 4.78 is 5.70. The Morgan fingerprint density at radius 3 is 2.62 bits per heavy atom. The molecule has 21 heavy (non-hydrogen) atoms. The zero-order valence-corrected chi connectivity index (χ0v) is 11.4. The normalized spacial score (nSPS) is 10.7. The Morgan fingerprint density at radius 2 is 2.00 bits per heavy atom. The van der Waals surface area contributed by atoms with E-state index in [1.54, 1.807) is 18.2 Å². The van der Waals surface area contributed by atoms with Gasteiger partial charge in [0.1, 0.15) is 12.4 Å². The van der Waals surface area contributed by atoms with Crippen LogP contribution in [-0.2, 0) is 6.61 Å². The summed E-state index contributed by atoms with van der Waals surface area (Å²) in [7, 11) is 0. The molecule has 0 fully saturated rings. The van der Waals surface area contributed by atoms with Crippen LogP contribution in [-0.4, -0.2) is 16.3 Å². The molecular formula is C15H14N2O4. The standard InChI is InChI=1S/C15H14N2O4/c1-11-13(9-16-18)3-2-4-15(11)21-10-12-5-7-14(8-6-12)17(19)20/h2-9,18H,10H2,1H3. The van der Waals surface area contributed by atoms with Gasteiger partial charge in [0.05, 0.1) is 11.1 Å². The first-order valence-corrected chi connectivity index (χ1v) is 6.25. The van der Waals surface area contributed by atoms with E-state index in [-0.39, 0.29) is 5.69 Å². The molecule has 0 bridgehead atoms. The van der Waals surface area contributed by atoms with Crippen LogP contribution in [0.2, 0.25) is 0 Å². The van der Waals surface area contributed by atoms with Crippen LogP contribution in [0, 0.1) is 17.0 Å². The average molecular weight is 286 g/mol. The number of non-ortho nitro benzene ring substituents is 1. The summed E-state index contributed by atoms with van der Waals surface area (Å²) in [6.45, 7) is 2.17. The molecule has 0 aromatic heterocycles. The number of rotatable bonds is 5. The lowest BCUT2D eigenvalue weighted by molar-refractivity contribution is -0.384. The van der Waals surface area contributed by atoms with Crippen molar-refractivity contribution in [3.8, 4) is 5.75 Å². The summed E-state index contributed by atoms with van der Waals surface area (Å²) in [6, 6.07) is 11.6. The smallest absolute Gasteiger partial charge is 0.269 e. The number of nitro groups is 1. The number of hydrogen-bond donors (Lipinski definition) is 1. The fourth-order valence-corrected chi connectivity index (χ4v) is 1.86. The van der Waals surface area contributed by atoms with E-state index in [1.807, 2.05) is 19.1 Å². The number of nitro benzene ring substituents is 1. The second kappa shape index (κ2) is 6.51. The summed E-state index contributed by atoms with van der Waals surface area (Å²) >= 11 is 0. The quantitative estimate of drug-likeness (QED) is 0.395. The first kappa shape index (κ1) is 14.5. The molecule has 2 aromatic rings. The van der Waals surface area contributed by atoms with Crippen LogP contribution >= 0.6 is 0 Å². The minimum absolute atomic E-state index is 0.0519. The van der Waals surface area contributed by atoms with Gasteiger partial charge in [0, 0.05) is 17.7 Å². The molecule has 2 rings (SSSR count). The highest BCUT2D eigenvalue weighted by molar-refractivity contribution is 5.82. The number of benzene rings is 2. The van der Waals surface area contributed by atoms with Gasteiger partial charge in [-0.05, 0) is 36.2 Å². The van der Waals surface area contributed by atoms with E-state index in [4.69, 9.17) is 9.94 Å². The summed E-state index contributed by atoms with van der Waals surface area (Å²) in [5.74, 6) is 0.672. The highest BCUT2D eigenvalue weighted by atomic mass is 16.6. The minimum Gasteiger partial charge on any atom is -0.489 e. The van der Waals surface area contributed by atoms with Gasteiger partial charge >= 0.3 is 0 Å². The Hall–Kier alpha value is -2.89. The van der Waals surface area contributed by atoms with Crippen molar-refractivity contribution in [2.24, 2.45) is 5.16 Å². The molecule has 0 radical (unpaired) electrons. The van der Waals surface area contributed by atoms with E-state index in [9.17, 15) is 10.1 Å². The Bertz CT molecular complexity index is 666. The molecular weight excluding hydrogens is 272 g/mol. The maximum atomic E-state index is 10.6. The lowest BCUT2D eigenvalue weighted by Gasteiger charge is -2.10. The van der Waals surface area contributed by atoms with Gasteiger partial charge in [-0.25, -0.2) is 0 Å². The van der Waals surface area contributed by atoms with E-state index in [1.165, 1.54) is 18.3 Å². The molecule has 0 aliphatic rings. The topological polar surface area (TPSA) is 85.0 Å². The largest absolute Gasteiger partial charge is 0.489 e. The molecule has 1 N–H and O–H groups in total. The Morgan fingerprint density at radius 1 is 1.29 bits per heavy atom. The third kappa shape index (κ3) is 3.56. The van der Waals surface area contributed by atoms with Gasteiger partial charge in [0.25, 0.3) is 5.69 Å². The lowest BCUT2D eigenvalue weighted by Crippen LogP contribution is -1.99. The van der Waals surface area contributed by atoms with E-state index >= 15 is 0 Å². The third-order valence-electron chi connectivity index (χ3n) is 3.06. The molecule has 0 saturated heterocycles. The second-order valence-electron chi connectivity index (χ2n) is 4.43. The van der Waals surface area contributed by atoms with Gasteiger partial charge in [-0.2, -0.15) is 0 Å².